The molecule has 5 aromatic rings. The van der Waals surface area contributed by atoms with Gasteiger partial charge in [-0.1, -0.05) is 60.7 Å². The van der Waals surface area contributed by atoms with Gasteiger partial charge in [0, 0.05) is 28.6 Å². The van der Waals surface area contributed by atoms with Crippen molar-refractivity contribution >= 4 is 39.9 Å². The molecule has 4 aromatic carbocycles. The van der Waals surface area contributed by atoms with Gasteiger partial charge in [0.05, 0.1) is 32.9 Å². The zero-order valence-corrected chi connectivity index (χ0v) is 20.9. The SMILES string of the molecule is O=C(COC(=O)c1ccccc1NC(=O)c1cc(-c2ccccc2)nc2ccccc12)c1ccc([N+](=O)[O-])cc1. The monoisotopic (exact) mass is 531 g/mol. The van der Waals surface area contributed by atoms with E-state index in [0.29, 0.717) is 22.2 Å². The number of non-ortho nitro benzene ring substituents is 1. The highest BCUT2D eigenvalue weighted by molar-refractivity contribution is 6.14. The Balaban J connectivity index is 1.36. The average Bonchev–Trinajstić information content (AvgIpc) is 2.99. The van der Waals surface area contributed by atoms with Crippen LogP contribution >= 0.6 is 0 Å². The summed E-state index contributed by atoms with van der Waals surface area (Å²) in [5.74, 6) is -1.78. The molecule has 0 unspecified atom stereocenters. The standard InChI is InChI=1S/C31H21N3O6/c35-29(21-14-16-22(17-15-21)34(38)39)19-40-31(37)24-11-5-7-13-27(24)33-30(36)25-18-28(20-8-2-1-3-9-20)32-26-12-6-4-10-23(25)26/h1-18H,19H2,(H,33,36). The lowest BCUT2D eigenvalue weighted by atomic mass is 10.0. The van der Waals surface area contributed by atoms with Crippen molar-refractivity contribution in [1.29, 1.82) is 0 Å². The van der Waals surface area contributed by atoms with Crippen LogP contribution in [0.25, 0.3) is 22.2 Å². The van der Waals surface area contributed by atoms with E-state index in [1.165, 1.54) is 30.3 Å². The number of anilines is 1. The maximum atomic E-state index is 13.5. The molecule has 1 N–H and O–H groups in total. The zero-order valence-electron chi connectivity index (χ0n) is 20.9. The number of nitrogens with one attached hydrogen (secondary N) is 1. The predicted molar refractivity (Wildman–Crippen MR) is 149 cm³/mol. The van der Waals surface area contributed by atoms with Crippen molar-refractivity contribution in [3.8, 4) is 11.3 Å². The van der Waals surface area contributed by atoms with Gasteiger partial charge in [-0.3, -0.25) is 19.7 Å². The van der Waals surface area contributed by atoms with Gasteiger partial charge in [0.25, 0.3) is 11.6 Å². The van der Waals surface area contributed by atoms with E-state index < -0.39 is 29.2 Å². The summed E-state index contributed by atoms with van der Waals surface area (Å²) in [6.07, 6.45) is 0. The highest BCUT2D eigenvalue weighted by atomic mass is 16.6. The molecule has 5 rings (SSSR count). The quantitative estimate of drug-likeness (QED) is 0.111. The molecule has 0 atom stereocenters. The number of fused-ring (bicyclic) bond motifs is 1. The molecule has 0 aliphatic heterocycles. The molecule has 0 saturated heterocycles. The minimum absolute atomic E-state index is 0.0639. The summed E-state index contributed by atoms with van der Waals surface area (Å²) < 4.78 is 5.21. The number of benzene rings is 4. The molecule has 0 fully saturated rings. The lowest BCUT2D eigenvalue weighted by Gasteiger charge is -2.13. The van der Waals surface area contributed by atoms with E-state index in [0.717, 1.165) is 5.56 Å². The average molecular weight is 532 g/mol. The molecule has 40 heavy (non-hydrogen) atoms. The zero-order chi connectivity index (χ0) is 28.1. The molecule has 9 nitrogen and oxygen atoms in total. The van der Waals surface area contributed by atoms with Crippen LogP contribution in [-0.2, 0) is 4.74 Å². The summed E-state index contributed by atoms with van der Waals surface area (Å²) in [5, 5.41) is 14.3. The Bertz CT molecular complexity index is 1750. The summed E-state index contributed by atoms with van der Waals surface area (Å²) in [7, 11) is 0. The van der Waals surface area contributed by atoms with Gasteiger partial charge < -0.3 is 10.1 Å². The third-order valence-corrected chi connectivity index (χ3v) is 6.16. The fraction of sp³-hybridized carbons (Fsp3) is 0.0323. The van der Waals surface area contributed by atoms with E-state index in [-0.39, 0.29) is 22.5 Å². The fourth-order valence-corrected chi connectivity index (χ4v) is 4.14. The number of esters is 1. The van der Waals surface area contributed by atoms with Crippen molar-refractivity contribution in [1.82, 2.24) is 4.98 Å². The van der Waals surface area contributed by atoms with Crippen molar-refractivity contribution < 1.29 is 24.0 Å². The highest BCUT2D eigenvalue weighted by Crippen LogP contribution is 2.26. The largest absolute Gasteiger partial charge is 0.454 e. The topological polar surface area (TPSA) is 128 Å². The van der Waals surface area contributed by atoms with Crippen molar-refractivity contribution in [3.05, 3.63) is 136 Å². The van der Waals surface area contributed by atoms with Gasteiger partial charge >= 0.3 is 5.97 Å². The second kappa shape index (κ2) is 11.4. The number of para-hydroxylation sites is 2. The van der Waals surface area contributed by atoms with Gasteiger partial charge in [0.15, 0.2) is 12.4 Å². The van der Waals surface area contributed by atoms with Gasteiger partial charge in [-0.05, 0) is 36.4 Å². The first kappa shape index (κ1) is 25.9. The molecule has 9 heteroatoms. The van der Waals surface area contributed by atoms with E-state index in [2.05, 4.69) is 5.32 Å². The van der Waals surface area contributed by atoms with Crippen LogP contribution in [-0.4, -0.2) is 34.2 Å². The summed E-state index contributed by atoms with van der Waals surface area (Å²) in [6.45, 7) is -0.575. The number of nitrogens with zero attached hydrogens (tertiary/aromatic N) is 2. The first-order valence-corrected chi connectivity index (χ1v) is 12.2. The van der Waals surface area contributed by atoms with E-state index in [9.17, 15) is 24.5 Å². The Morgan fingerprint density at radius 1 is 0.800 bits per heavy atom. The van der Waals surface area contributed by atoms with Gasteiger partial charge in [0.2, 0.25) is 0 Å². The molecule has 0 saturated carbocycles. The predicted octanol–water partition coefficient (Wildman–Crippen LogP) is 6.10. The van der Waals surface area contributed by atoms with Crippen molar-refractivity contribution in [2.45, 2.75) is 0 Å². The number of hydrogen-bond acceptors (Lipinski definition) is 7. The van der Waals surface area contributed by atoms with Gasteiger partial charge in [-0.2, -0.15) is 0 Å². The van der Waals surface area contributed by atoms with Crippen LogP contribution in [0.15, 0.2) is 109 Å². The molecule has 1 heterocycles. The molecule has 0 spiro atoms. The van der Waals surface area contributed by atoms with Crippen molar-refractivity contribution in [3.63, 3.8) is 0 Å². The Kier molecular flexibility index (Phi) is 7.36. The van der Waals surface area contributed by atoms with Crippen LogP contribution in [0, 0.1) is 10.1 Å². The van der Waals surface area contributed by atoms with Crippen LogP contribution in [0.5, 0.6) is 0 Å². The van der Waals surface area contributed by atoms with Gasteiger partial charge in [0.1, 0.15) is 0 Å². The molecular formula is C31H21N3O6. The number of carbonyl (C=O) groups excluding carboxylic acids is 3. The Hall–Kier alpha value is -5.70. The number of hydrogen-bond donors (Lipinski definition) is 1. The molecule has 0 aliphatic rings. The lowest BCUT2D eigenvalue weighted by Crippen LogP contribution is -2.18. The summed E-state index contributed by atoms with van der Waals surface area (Å²) in [6, 6.07) is 29.8. The second-order valence-corrected chi connectivity index (χ2v) is 8.74. The number of aromatic nitrogens is 1. The first-order chi connectivity index (χ1) is 19.4. The van der Waals surface area contributed by atoms with E-state index >= 15 is 0 Å². The van der Waals surface area contributed by atoms with Crippen LogP contribution in [0.2, 0.25) is 0 Å². The van der Waals surface area contributed by atoms with Crippen LogP contribution < -0.4 is 5.32 Å². The second-order valence-electron chi connectivity index (χ2n) is 8.74. The van der Waals surface area contributed by atoms with Crippen molar-refractivity contribution in [2.75, 3.05) is 11.9 Å². The number of nitro benzene ring substituents is 1. The number of Topliss-reactive ketones (excluding diaryl/α,β-unsaturated/α-hetero) is 1. The molecular weight excluding hydrogens is 510 g/mol. The van der Waals surface area contributed by atoms with Crippen LogP contribution in [0.1, 0.15) is 31.1 Å². The highest BCUT2D eigenvalue weighted by Gasteiger charge is 2.19. The van der Waals surface area contributed by atoms with Crippen molar-refractivity contribution in [2.24, 2.45) is 0 Å². The summed E-state index contributed by atoms with van der Waals surface area (Å²) in [4.78, 5) is 53.8. The molecule has 0 aliphatic carbocycles. The molecule has 1 aromatic heterocycles. The minimum Gasteiger partial charge on any atom is -0.454 e. The number of ether oxygens (including phenoxy) is 1. The number of pyridine rings is 1. The van der Waals surface area contributed by atoms with Gasteiger partial charge in [-0.15, -0.1) is 0 Å². The Morgan fingerprint density at radius 2 is 1.48 bits per heavy atom. The summed E-state index contributed by atoms with van der Waals surface area (Å²) >= 11 is 0. The van der Waals surface area contributed by atoms with Crippen LogP contribution in [0.4, 0.5) is 11.4 Å². The molecule has 0 bridgehead atoms. The molecule has 1 amide bonds. The summed E-state index contributed by atoms with van der Waals surface area (Å²) in [5.41, 5.74) is 2.78. The number of ketones is 1. The number of carbonyl (C=O) groups is 3. The number of rotatable bonds is 8. The van der Waals surface area contributed by atoms with E-state index in [4.69, 9.17) is 9.72 Å². The smallest absolute Gasteiger partial charge is 0.340 e. The Labute approximate surface area is 228 Å². The number of amides is 1. The fourth-order valence-electron chi connectivity index (χ4n) is 4.14. The van der Waals surface area contributed by atoms with E-state index in [1.807, 2.05) is 48.5 Å². The first-order valence-electron chi connectivity index (χ1n) is 12.2. The molecule has 196 valence electrons. The lowest BCUT2D eigenvalue weighted by molar-refractivity contribution is -0.384. The number of nitro groups is 1. The van der Waals surface area contributed by atoms with E-state index in [1.54, 1.807) is 30.3 Å². The third kappa shape index (κ3) is 5.58. The van der Waals surface area contributed by atoms with Gasteiger partial charge in [-0.25, -0.2) is 9.78 Å². The van der Waals surface area contributed by atoms with Crippen LogP contribution in [0.3, 0.4) is 0 Å². The maximum Gasteiger partial charge on any atom is 0.340 e. The third-order valence-electron chi connectivity index (χ3n) is 6.16. The maximum absolute atomic E-state index is 13.5. The Morgan fingerprint density at radius 3 is 2.23 bits per heavy atom. The minimum atomic E-state index is -0.810. The normalized spacial score (nSPS) is 10.6. The molecule has 0 radical (unpaired) electrons.